The number of ether oxygens (including phenoxy) is 1. The standard InChI is InChI=1S/C14H19N3O2/c1-3-16-5-4-13-12(10-16)8-11(9-15)14(18)17(13)6-7-19-2/h8H,3-7,10H2,1-2H3. The summed E-state index contributed by atoms with van der Waals surface area (Å²) in [5, 5.41) is 9.08. The zero-order valence-corrected chi connectivity index (χ0v) is 11.5. The Morgan fingerprint density at radius 1 is 1.53 bits per heavy atom. The molecular formula is C14H19N3O2. The monoisotopic (exact) mass is 261 g/mol. The van der Waals surface area contributed by atoms with Crippen molar-refractivity contribution in [3.05, 3.63) is 33.2 Å². The molecule has 0 aromatic carbocycles. The Labute approximate surface area is 113 Å². The Morgan fingerprint density at radius 3 is 2.95 bits per heavy atom. The van der Waals surface area contributed by atoms with Crippen LogP contribution < -0.4 is 5.56 Å². The molecule has 0 radical (unpaired) electrons. The number of hydrogen-bond acceptors (Lipinski definition) is 4. The largest absolute Gasteiger partial charge is 0.383 e. The minimum atomic E-state index is -0.191. The van der Waals surface area contributed by atoms with Crippen LogP contribution in [0.5, 0.6) is 0 Å². The third-order valence-corrected chi connectivity index (χ3v) is 3.64. The number of methoxy groups -OCH3 is 1. The van der Waals surface area contributed by atoms with Gasteiger partial charge in [-0.05, 0) is 18.2 Å². The van der Waals surface area contributed by atoms with Crippen molar-refractivity contribution in [1.29, 1.82) is 5.26 Å². The van der Waals surface area contributed by atoms with Crippen LogP contribution >= 0.6 is 0 Å². The van der Waals surface area contributed by atoms with Crippen LogP contribution in [0.1, 0.15) is 23.7 Å². The first kappa shape index (κ1) is 13.8. The summed E-state index contributed by atoms with van der Waals surface area (Å²) in [6.07, 6.45) is 0.855. The maximum Gasteiger partial charge on any atom is 0.268 e. The van der Waals surface area contributed by atoms with Gasteiger partial charge in [-0.1, -0.05) is 6.92 Å². The van der Waals surface area contributed by atoms with E-state index in [1.165, 1.54) is 0 Å². The van der Waals surface area contributed by atoms with Crippen LogP contribution in [0, 0.1) is 11.3 Å². The lowest BCUT2D eigenvalue weighted by Crippen LogP contribution is -2.37. The summed E-state index contributed by atoms with van der Waals surface area (Å²) >= 11 is 0. The Morgan fingerprint density at radius 2 is 2.32 bits per heavy atom. The number of hydrogen-bond donors (Lipinski definition) is 0. The average molecular weight is 261 g/mol. The first-order chi connectivity index (χ1) is 9.21. The number of fused-ring (bicyclic) bond motifs is 1. The van der Waals surface area contributed by atoms with Crippen molar-refractivity contribution >= 4 is 0 Å². The maximum absolute atomic E-state index is 12.2. The Bertz CT molecular complexity index is 557. The number of pyridine rings is 1. The van der Waals surface area contributed by atoms with E-state index < -0.39 is 0 Å². The fourth-order valence-electron chi connectivity index (χ4n) is 2.55. The van der Waals surface area contributed by atoms with Crippen molar-refractivity contribution in [3.8, 4) is 6.07 Å². The minimum absolute atomic E-state index is 0.191. The van der Waals surface area contributed by atoms with E-state index in [-0.39, 0.29) is 11.1 Å². The molecule has 2 heterocycles. The molecule has 19 heavy (non-hydrogen) atoms. The van der Waals surface area contributed by atoms with Gasteiger partial charge in [-0.25, -0.2) is 0 Å². The van der Waals surface area contributed by atoms with Gasteiger partial charge in [-0.2, -0.15) is 5.26 Å². The third kappa shape index (κ3) is 2.70. The summed E-state index contributed by atoms with van der Waals surface area (Å²) in [5.41, 5.74) is 2.20. The number of nitrogens with zero attached hydrogens (tertiary/aromatic N) is 3. The minimum Gasteiger partial charge on any atom is -0.383 e. The van der Waals surface area contributed by atoms with Crippen LogP contribution in [0.4, 0.5) is 0 Å². The van der Waals surface area contributed by atoms with Crippen molar-refractivity contribution in [1.82, 2.24) is 9.47 Å². The number of rotatable bonds is 4. The summed E-state index contributed by atoms with van der Waals surface area (Å²) in [5.74, 6) is 0. The molecule has 0 N–H and O–H groups in total. The molecule has 1 aromatic rings. The number of aromatic nitrogens is 1. The molecule has 0 saturated heterocycles. The van der Waals surface area contributed by atoms with E-state index in [1.54, 1.807) is 17.7 Å². The van der Waals surface area contributed by atoms with Gasteiger partial charge in [-0.15, -0.1) is 0 Å². The fraction of sp³-hybridized carbons (Fsp3) is 0.571. The molecule has 0 aliphatic carbocycles. The Kier molecular flexibility index (Phi) is 4.35. The summed E-state index contributed by atoms with van der Waals surface area (Å²) < 4.78 is 6.77. The molecule has 1 aromatic heterocycles. The first-order valence-corrected chi connectivity index (χ1v) is 6.58. The van der Waals surface area contributed by atoms with Gasteiger partial charge in [0.05, 0.1) is 6.61 Å². The van der Waals surface area contributed by atoms with E-state index in [9.17, 15) is 4.79 Å². The zero-order valence-electron chi connectivity index (χ0n) is 11.5. The van der Waals surface area contributed by atoms with E-state index >= 15 is 0 Å². The summed E-state index contributed by atoms with van der Waals surface area (Å²) in [6, 6.07) is 3.76. The highest BCUT2D eigenvalue weighted by molar-refractivity contribution is 5.35. The number of likely N-dealkylation sites (N-methyl/N-ethyl adjacent to an activating group) is 1. The smallest absolute Gasteiger partial charge is 0.268 e. The molecule has 2 rings (SSSR count). The number of nitriles is 1. The molecule has 0 saturated carbocycles. The highest BCUT2D eigenvalue weighted by atomic mass is 16.5. The lowest BCUT2D eigenvalue weighted by molar-refractivity contribution is 0.183. The molecule has 1 aliphatic heterocycles. The maximum atomic E-state index is 12.2. The molecule has 102 valence electrons. The second-order valence-corrected chi connectivity index (χ2v) is 4.71. The molecule has 0 fully saturated rings. The molecule has 0 spiro atoms. The SMILES string of the molecule is CCN1CCc2c(cc(C#N)c(=O)n2CCOC)C1. The zero-order chi connectivity index (χ0) is 13.8. The second kappa shape index (κ2) is 6.00. The van der Waals surface area contributed by atoms with Crippen LogP contribution in [0.25, 0.3) is 0 Å². The van der Waals surface area contributed by atoms with E-state index in [1.807, 2.05) is 6.07 Å². The van der Waals surface area contributed by atoms with Gasteiger partial charge in [0.25, 0.3) is 5.56 Å². The highest BCUT2D eigenvalue weighted by Gasteiger charge is 2.20. The molecule has 0 bridgehead atoms. The Hall–Kier alpha value is -1.64. The molecule has 5 heteroatoms. The normalized spacial score (nSPS) is 15.0. The summed E-state index contributed by atoms with van der Waals surface area (Å²) in [7, 11) is 1.62. The topological polar surface area (TPSA) is 58.3 Å². The third-order valence-electron chi connectivity index (χ3n) is 3.64. The van der Waals surface area contributed by atoms with Crippen molar-refractivity contribution in [2.45, 2.75) is 26.4 Å². The molecule has 1 aliphatic rings. The van der Waals surface area contributed by atoms with E-state index in [2.05, 4.69) is 11.8 Å². The predicted octanol–water partition coefficient (Wildman–Crippen LogP) is 0.744. The van der Waals surface area contributed by atoms with Gasteiger partial charge in [0, 0.05) is 38.9 Å². The first-order valence-electron chi connectivity index (χ1n) is 6.58. The van der Waals surface area contributed by atoms with E-state index in [0.29, 0.717) is 13.2 Å². The van der Waals surface area contributed by atoms with Crippen molar-refractivity contribution in [2.24, 2.45) is 0 Å². The molecule has 0 unspecified atom stereocenters. The van der Waals surface area contributed by atoms with Crippen LogP contribution in [0.2, 0.25) is 0 Å². The molecule has 0 amide bonds. The predicted molar refractivity (Wildman–Crippen MR) is 71.9 cm³/mol. The van der Waals surface area contributed by atoms with Gasteiger partial charge in [0.1, 0.15) is 11.6 Å². The van der Waals surface area contributed by atoms with Crippen molar-refractivity contribution < 1.29 is 4.74 Å². The van der Waals surface area contributed by atoms with Crippen LogP contribution in [0.15, 0.2) is 10.9 Å². The van der Waals surface area contributed by atoms with Gasteiger partial charge in [0.15, 0.2) is 0 Å². The summed E-state index contributed by atoms with van der Waals surface area (Å²) in [4.78, 5) is 14.5. The highest BCUT2D eigenvalue weighted by Crippen LogP contribution is 2.18. The lowest BCUT2D eigenvalue weighted by Gasteiger charge is -2.29. The molecule has 0 atom stereocenters. The van der Waals surface area contributed by atoms with Gasteiger partial charge in [0.2, 0.25) is 0 Å². The van der Waals surface area contributed by atoms with Crippen molar-refractivity contribution in [2.75, 3.05) is 26.8 Å². The van der Waals surface area contributed by atoms with Crippen LogP contribution in [0.3, 0.4) is 0 Å². The van der Waals surface area contributed by atoms with Gasteiger partial charge >= 0.3 is 0 Å². The average Bonchev–Trinajstić information content (AvgIpc) is 2.45. The van der Waals surface area contributed by atoms with Crippen molar-refractivity contribution in [3.63, 3.8) is 0 Å². The summed E-state index contributed by atoms with van der Waals surface area (Å²) in [6.45, 7) is 5.88. The van der Waals surface area contributed by atoms with E-state index in [4.69, 9.17) is 10.00 Å². The Balaban J connectivity index is 2.47. The van der Waals surface area contributed by atoms with Gasteiger partial charge in [-0.3, -0.25) is 9.69 Å². The second-order valence-electron chi connectivity index (χ2n) is 4.71. The molecule has 5 nitrogen and oxygen atoms in total. The van der Waals surface area contributed by atoms with E-state index in [0.717, 1.165) is 37.3 Å². The van der Waals surface area contributed by atoms with Crippen LogP contribution in [-0.2, 0) is 24.2 Å². The fourth-order valence-corrected chi connectivity index (χ4v) is 2.55. The quantitative estimate of drug-likeness (QED) is 0.802. The lowest BCUT2D eigenvalue weighted by atomic mass is 10.0. The van der Waals surface area contributed by atoms with Gasteiger partial charge < -0.3 is 9.30 Å². The molecular weight excluding hydrogens is 242 g/mol. The van der Waals surface area contributed by atoms with Crippen LogP contribution in [-0.4, -0.2) is 36.3 Å².